The topological polar surface area (TPSA) is 67.4 Å². The van der Waals surface area contributed by atoms with Gasteiger partial charge in [0, 0.05) is 28.4 Å². The SMILES string of the molecule is Cc1ccccc1C1NC(=O)c2cccc(NC(=O)c3cc(F)cc(OC(F)(F)F)c3)c21. The van der Waals surface area contributed by atoms with Crippen molar-refractivity contribution < 1.29 is 31.9 Å². The van der Waals surface area contributed by atoms with Crippen molar-refractivity contribution in [2.75, 3.05) is 5.32 Å². The number of hydrogen-bond donors (Lipinski definition) is 2. The highest BCUT2D eigenvalue weighted by Crippen LogP contribution is 2.37. The maximum absolute atomic E-state index is 13.8. The van der Waals surface area contributed by atoms with E-state index in [0.29, 0.717) is 17.2 Å². The number of nitrogens with one attached hydrogen (secondary N) is 2. The van der Waals surface area contributed by atoms with Gasteiger partial charge in [-0.25, -0.2) is 4.39 Å². The molecule has 3 aromatic carbocycles. The molecule has 9 heteroatoms. The highest BCUT2D eigenvalue weighted by molar-refractivity contribution is 6.08. The summed E-state index contributed by atoms with van der Waals surface area (Å²) in [5.41, 5.74) is 2.53. The van der Waals surface area contributed by atoms with Crippen LogP contribution in [0.5, 0.6) is 5.75 Å². The summed E-state index contributed by atoms with van der Waals surface area (Å²) in [6, 6.07) is 13.7. The van der Waals surface area contributed by atoms with Crippen LogP contribution >= 0.6 is 0 Å². The van der Waals surface area contributed by atoms with E-state index >= 15 is 0 Å². The normalized spacial score (nSPS) is 15.2. The van der Waals surface area contributed by atoms with Crippen LogP contribution in [0.3, 0.4) is 0 Å². The maximum atomic E-state index is 13.8. The zero-order chi connectivity index (χ0) is 23.0. The van der Waals surface area contributed by atoms with Crippen LogP contribution in [0.1, 0.15) is 43.4 Å². The van der Waals surface area contributed by atoms with E-state index in [-0.39, 0.29) is 17.2 Å². The Morgan fingerprint density at radius 1 is 1.06 bits per heavy atom. The van der Waals surface area contributed by atoms with Crippen LogP contribution < -0.4 is 15.4 Å². The number of hydrogen-bond acceptors (Lipinski definition) is 3. The minimum Gasteiger partial charge on any atom is -0.406 e. The standard InChI is InChI=1S/C23H16F4N2O3/c1-12-5-2-3-6-16(12)20-19-17(22(31)29-20)7-4-8-18(19)28-21(30)13-9-14(24)11-15(10-13)32-23(25,26)27/h2-11,20H,1H3,(H,28,30)(H,29,31). The van der Waals surface area contributed by atoms with Crippen LogP contribution in [0, 0.1) is 12.7 Å². The second-order valence-electron chi connectivity index (χ2n) is 7.21. The zero-order valence-corrected chi connectivity index (χ0v) is 16.6. The molecular formula is C23H16F4N2O3. The van der Waals surface area contributed by atoms with Gasteiger partial charge in [-0.15, -0.1) is 13.2 Å². The van der Waals surface area contributed by atoms with Crippen LogP contribution in [0.4, 0.5) is 23.2 Å². The van der Waals surface area contributed by atoms with Crippen molar-refractivity contribution in [2.45, 2.75) is 19.3 Å². The largest absolute Gasteiger partial charge is 0.573 e. The molecule has 0 radical (unpaired) electrons. The summed E-state index contributed by atoms with van der Waals surface area (Å²) < 4.78 is 55.0. The summed E-state index contributed by atoms with van der Waals surface area (Å²) in [7, 11) is 0. The van der Waals surface area contributed by atoms with Gasteiger partial charge >= 0.3 is 6.36 Å². The number of rotatable bonds is 4. The summed E-state index contributed by atoms with van der Waals surface area (Å²) >= 11 is 0. The summed E-state index contributed by atoms with van der Waals surface area (Å²) in [5, 5.41) is 5.46. The molecule has 0 aromatic heterocycles. The van der Waals surface area contributed by atoms with Gasteiger partial charge in [0.05, 0.1) is 6.04 Å². The smallest absolute Gasteiger partial charge is 0.406 e. The fraction of sp³-hybridized carbons (Fsp3) is 0.130. The van der Waals surface area contributed by atoms with Gasteiger partial charge in [-0.05, 0) is 42.3 Å². The lowest BCUT2D eigenvalue weighted by Gasteiger charge is -2.18. The Morgan fingerprint density at radius 2 is 1.81 bits per heavy atom. The molecule has 1 heterocycles. The van der Waals surface area contributed by atoms with E-state index in [2.05, 4.69) is 15.4 Å². The molecule has 0 saturated carbocycles. The number of carbonyl (C=O) groups is 2. The molecule has 32 heavy (non-hydrogen) atoms. The number of aryl methyl sites for hydroxylation is 1. The first-order chi connectivity index (χ1) is 15.1. The first-order valence-electron chi connectivity index (χ1n) is 9.49. The predicted octanol–water partition coefficient (Wildman–Crippen LogP) is 5.12. The molecule has 0 fully saturated rings. The summed E-state index contributed by atoms with van der Waals surface area (Å²) in [6.45, 7) is 1.88. The molecule has 0 bridgehead atoms. The number of benzene rings is 3. The third kappa shape index (κ3) is 4.27. The average molecular weight is 444 g/mol. The molecule has 3 aromatic rings. The fourth-order valence-corrected chi connectivity index (χ4v) is 3.69. The molecule has 164 valence electrons. The number of carbonyl (C=O) groups excluding carboxylic acids is 2. The van der Waals surface area contributed by atoms with Crippen LogP contribution in [0.15, 0.2) is 60.7 Å². The van der Waals surface area contributed by atoms with E-state index < -0.39 is 29.9 Å². The molecule has 0 spiro atoms. The Kier molecular flexibility index (Phi) is 5.33. The van der Waals surface area contributed by atoms with Gasteiger partial charge in [0.2, 0.25) is 0 Å². The van der Waals surface area contributed by atoms with Gasteiger partial charge in [-0.3, -0.25) is 9.59 Å². The Hall–Kier alpha value is -3.88. The van der Waals surface area contributed by atoms with Crippen LogP contribution in [0.2, 0.25) is 0 Å². The Bertz CT molecular complexity index is 1220. The highest BCUT2D eigenvalue weighted by Gasteiger charge is 2.34. The Morgan fingerprint density at radius 3 is 2.53 bits per heavy atom. The first kappa shape index (κ1) is 21.4. The minimum atomic E-state index is -5.03. The predicted molar refractivity (Wildman–Crippen MR) is 108 cm³/mol. The number of halogens is 4. The number of anilines is 1. The van der Waals surface area contributed by atoms with Crippen LogP contribution in [-0.2, 0) is 0 Å². The van der Waals surface area contributed by atoms with Gasteiger partial charge in [0.15, 0.2) is 0 Å². The van der Waals surface area contributed by atoms with Crippen molar-refractivity contribution >= 4 is 17.5 Å². The maximum Gasteiger partial charge on any atom is 0.573 e. The molecule has 1 aliphatic heterocycles. The number of ether oxygens (including phenoxy) is 1. The van der Waals surface area contributed by atoms with Crippen LogP contribution in [0.25, 0.3) is 0 Å². The van der Waals surface area contributed by atoms with Crippen molar-refractivity contribution in [2.24, 2.45) is 0 Å². The zero-order valence-electron chi connectivity index (χ0n) is 16.6. The minimum absolute atomic E-state index is 0.279. The second kappa shape index (κ2) is 7.99. The monoisotopic (exact) mass is 444 g/mol. The van der Waals surface area contributed by atoms with Crippen molar-refractivity contribution in [3.8, 4) is 5.75 Å². The summed E-state index contributed by atoms with van der Waals surface area (Å²) in [6.07, 6.45) is -5.03. The molecular weight excluding hydrogens is 428 g/mol. The van der Waals surface area contributed by atoms with E-state index in [1.807, 2.05) is 31.2 Å². The lowest BCUT2D eigenvalue weighted by molar-refractivity contribution is -0.274. The molecule has 0 saturated heterocycles. The van der Waals surface area contributed by atoms with Gasteiger partial charge in [0.25, 0.3) is 11.8 Å². The lowest BCUT2D eigenvalue weighted by atomic mass is 9.93. The van der Waals surface area contributed by atoms with Gasteiger partial charge in [-0.1, -0.05) is 30.3 Å². The molecule has 2 amide bonds. The van der Waals surface area contributed by atoms with Crippen molar-refractivity contribution in [1.82, 2.24) is 5.32 Å². The second-order valence-corrected chi connectivity index (χ2v) is 7.21. The summed E-state index contributed by atoms with van der Waals surface area (Å²) in [4.78, 5) is 25.2. The average Bonchev–Trinajstić information content (AvgIpc) is 3.04. The van der Waals surface area contributed by atoms with Crippen molar-refractivity contribution in [3.63, 3.8) is 0 Å². The molecule has 1 aliphatic rings. The number of fused-ring (bicyclic) bond motifs is 1. The van der Waals surface area contributed by atoms with E-state index in [1.165, 1.54) is 0 Å². The van der Waals surface area contributed by atoms with E-state index in [4.69, 9.17) is 0 Å². The third-order valence-electron chi connectivity index (χ3n) is 5.03. The van der Waals surface area contributed by atoms with Crippen molar-refractivity contribution in [3.05, 3.63) is 94.3 Å². The molecule has 5 nitrogen and oxygen atoms in total. The van der Waals surface area contributed by atoms with E-state index in [1.54, 1.807) is 18.2 Å². The van der Waals surface area contributed by atoms with E-state index in [9.17, 15) is 27.2 Å². The molecule has 1 atom stereocenters. The van der Waals surface area contributed by atoms with Gasteiger partial charge in [-0.2, -0.15) is 0 Å². The van der Waals surface area contributed by atoms with Gasteiger partial charge < -0.3 is 15.4 Å². The molecule has 0 aliphatic carbocycles. The molecule has 2 N–H and O–H groups in total. The van der Waals surface area contributed by atoms with Crippen LogP contribution in [-0.4, -0.2) is 18.2 Å². The van der Waals surface area contributed by atoms with Crippen molar-refractivity contribution in [1.29, 1.82) is 0 Å². The van der Waals surface area contributed by atoms with Gasteiger partial charge in [0.1, 0.15) is 11.6 Å². The third-order valence-corrected chi connectivity index (χ3v) is 5.03. The quantitative estimate of drug-likeness (QED) is 0.549. The molecule has 1 unspecified atom stereocenters. The fourth-order valence-electron chi connectivity index (χ4n) is 3.69. The Labute approximate surface area is 180 Å². The number of amides is 2. The number of alkyl halides is 3. The van der Waals surface area contributed by atoms with E-state index in [0.717, 1.165) is 23.3 Å². The Balaban J connectivity index is 1.69. The highest BCUT2D eigenvalue weighted by atomic mass is 19.4. The first-order valence-corrected chi connectivity index (χ1v) is 9.49. The summed E-state index contributed by atoms with van der Waals surface area (Å²) in [5.74, 6) is -3.09. The lowest BCUT2D eigenvalue weighted by Crippen LogP contribution is -2.21. The molecule has 4 rings (SSSR count).